The summed E-state index contributed by atoms with van der Waals surface area (Å²) in [7, 11) is 0. The van der Waals surface area contributed by atoms with Crippen LogP contribution in [-0.2, 0) is 6.54 Å². The highest BCUT2D eigenvalue weighted by Gasteiger charge is 2.05. The van der Waals surface area contributed by atoms with Crippen molar-refractivity contribution in [1.29, 1.82) is 0 Å². The maximum atomic E-state index is 11.8. The average Bonchev–Trinajstić information content (AvgIpc) is 2.59. The van der Waals surface area contributed by atoms with Crippen LogP contribution >= 0.6 is 28.1 Å². The van der Waals surface area contributed by atoms with Crippen molar-refractivity contribution in [3.05, 3.63) is 75.0 Å². The van der Waals surface area contributed by atoms with E-state index in [0.717, 1.165) is 20.9 Å². The average molecular weight is 403 g/mol. The summed E-state index contributed by atoms with van der Waals surface area (Å²) in [5.74, 6) is 0. The monoisotopic (exact) mass is 402 g/mol. The second-order valence-corrected chi connectivity index (χ2v) is 6.48. The maximum absolute atomic E-state index is 11.8. The molecule has 0 unspecified atom stereocenters. The lowest BCUT2D eigenvalue weighted by atomic mass is 10.2. The van der Waals surface area contributed by atoms with E-state index in [1.807, 2.05) is 48.5 Å². The van der Waals surface area contributed by atoms with Crippen molar-refractivity contribution in [2.24, 2.45) is 0 Å². The number of fused-ring (bicyclic) bond motifs is 1. The Labute approximate surface area is 152 Å². The molecule has 0 radical (unpaired) electrons. The Morgan fingerprint density at radius 3 is 2.71 bits per heavy atom. The first kappa shape index (κ1) is 16.5. The largest absolute Gasteiger partial charge is 0.357 e. The first-order chi connectivity index (χ1) is 11.6. The topological polar surface area (TPSA) is 69.0 Å². The SMILES string of the molecule is O=c1cc(NNC(=S)NCc2ccccc2)c2cc(Br)ccc2[nH]1. The standard InChI is InChI=1S/C17H15BrN4OS/c18-12-6-7-14-13(8-12)15(9-16(23)20-14)21-22-17(24)19-10-11-4-2-1-3-5-11/h1-9H,10H2,(H2,19,22,24)(H2,20,21,23). The molecule has 0 bridgehead atoms. The molecule has 0 saturated heterocycles. The van der Waals surface area contributed by atoms with E-state index >= 15 is 0 Å². The lowest BCUT2D eigenvalue weighted by Crippen LogP contribution is -2.38. The quantitative estimate of drug-likeness (QED) is 0.398. The number of aromatic amines is 1. The summed E-state index contributed by atoms with van der Waals surface area (Å²) in [5.41, 5.74) is 8.26. The molecule has 0 aliphatic heterocycles. The molecule has 5 nitrogen and oxygen atoms in total. The molecule has 0 spiro atoms. The fourth-order valence-corrected chi connectivity index (χ4v) is 2.76. The number of rotatable bonds is 4. The molecule has 7 heteroatoms. The van der Waals surface area contributed by atoms with Crippen LogP contribution < -0.4 is 21.7 Å². The molecule has 1 heterocycles. The van der Waals surface area contributed by atoms with Gasteiger partial charge in [-0.3, -0.25) is 15.6 Å². The number of thiocarbonyl (C=S) groups is 1. The molecule has 122 valence electrons. The molecule has 1 aromatic heterocycles. The van der Waals surface area contributed by atoms with Crippen molar-refractivity contribution < 1.29 is 0 Å². The van der Waals surface area contributed by atoms with Crippen LogP contribution in [0.1, 0.15) is 5.56 Å². The molecule has 3 aromatic rings. The number of halogens is 1. The van der Waals surface area contributed by atoms with E-state index in [1.165, 1.54) is 6.07 Å². The minimum Gasteiger partial charge on any atom is -0.357 e. The van der Waals surface area contributed by atoms with Crippen LogP contribution in [0.2, 0.25) is 0 Å². The molecule has 3 rings (SSSR count). The van der Waals surface area contributed by atoms with Gasteiger partial charge in [-0.25, -0.2) is 0 Å². The molecule has 0 amide bonds. The fourth-order valence-electron chi connectivity index (χ4n) is 2.28. The Kier molecular flexibility index (Phi) is 5.12. The van der Waals surface area contributed by atoms with Crippen molar-refractivity contribution in [2.45, 2.75) is 6.54 Å². The molecule has 0 fully saturated rings. The first-order valence-electron chi connectivity index (χ1n) is 7.28. The van der Waals surface area contributed by atoms with Gasteiger partial charge in [0.1, 0.15) is 0 Å². The number of aromatic nitrogens is 1. The molecule has 0 saturated carbocycles. The Bertz CT molecular complexity index is 927. The van der Waals surface area contributed by atoms with E-state index < -0.39 is 0 Å². The molecule has 24 heavy (non-hydrogen) atoms. The zero-order chi connectivity index (χ0) is 16.9. The number of pyridine rings is 1. The first-order valence-corrected chi connectivity index (χ1v) is 8.48. The zero-order valence-electron chi connectivity index (χ0n) is 12.6. The van der Waals surface area contributed by atoms with Crippen molar-refractivity contribution in [3.8, 4) is 0 Å². The lowest BCUT2D eigenvalue weighted by molar-refractivity contribution is 0.886. The maximum Gasteiger partial charge on any atom is 0.250 e. The predicted octanol–water partition coefficient (Wildman–Crippen LogP) is 3.28. The highest BCUT2D eigenvalue weighted by Crippen LogP contribution is 2.23. The van der Waals surface area contributed by atoms with Gasteiger partial charge in [-0.05, 0) is 36.0 Å². The summed E-state index contributed by atoms with van der Waals surface area (Å²) < 4.78 is 0.926. The van der Waals surface area contributed by atoms with Crippen LogP contribution in [0.25, 0.3) is 10.9 Å². The lowest BCUT2D eigenvalue weighted by Gasteiger charge is -2.14. The number of H-pyrrole nitrogens is 1. The van der Waals surface area contributed by atoms with Crippen LogP contribution in [0.5, 0.6) is 0 Å². The molecule has 0 aliphatic rings. The fraction of sp³-hybridized carbons (Fsp3) is 0.0588. The third-order valence-corrected chi connectivity index (χ3v) is 4.15. The van der Waals surface area contributed by atoms with Gasteiger partial charge in [0.05, 0.1) is 11.2 Å². The molecule has 4 N–H and O–H groups in total. The van der Waals surface area contributed by atoms with Gasteiger partial charge in [0.25, 0.3) is 5.56 Å². The summed E-state index contributed by atoms with van der Waals surface area (Å²) >= 11 is 8.69. The van der Waals surface area contributed by atoms with Gasteiger partial charge < -0.3 is 10.3 Å². The van der Waals surface area contributed by atoms with Gasteiger partial charge in [-0.15, -0.1) is 0 Å². The van der Waals surface area contributed by atoms with Crippen LogP contribution in [0, 0.1) is 0 Å². The van der Waals surface area contributed by atoms with E-state index in [-0.39, 0.29) is 5.56 Å². The van der Waals surface area contributed by atoms with Gasteiger partial charge in [0, 0.05) is 22.5 Å². The molecule has 2 aromatic carbocycles. The summed E-state index contributed by atoms with van der Waals surface area (Å²) in [5, 5.41) is 4.43. The third kappa shape index (κ3) is 4.12. The number of hydrazine groups is 1. The minimum absolute atomic E-state index is 0.183. The zero-order valence-corrected chi connectivity index (χ0v) is 15.0. The van der Waals surface area contributed by atoms with Crippen molar-refractivity contribution in [1.82, 2.24) is 15.7 Å². The van der Waals surface area contributed by atoms with E-state index in [0.29, 0.717) is 17.3 Å². The van der Waals surface area contributed by atoms with Crippen molar-refractivity contribution in [3.63, 3.8) is 0 Å². The third-order valence-electron chi connectivity index (χ3n) is 3.41. The van der Waals surface area contributed by atoms with Crippen LogP contribution in [0.15, 0.2) is 63.9 Å². The van der Waals surface area contributed by atoms with Gasteiger partial charge in [-0.1, -0.05) is 46.3 Å². The highest BCUT2D eigenvalue weighted by molar-refractivity contribution is 9.10. The molecule has 0 atom stereocenters. The Balaban J connectivity index is 1.68. The Hall–Kier alpha value is -2.38. The summed E-state index contributed by atoms with van der Waals surface area (Å²) in [4.78, 5) is 14.6. The molecule has 0 aliphatic carbocycles. The van der Waals surface area contributed by atoms with E-state index in [1.54, 1.807) is 0 Å². The second kappa shape index (κ2) is 7.46. The number of anilines is 1. The predicted molar refractivity (Wildman–Crippen MR) is 105 cm³/mol. The summed E-state index contributed by atoms with van der Waals surface area (Å²) in [6, 6.07) is 17.1. The highest BCUT2D eigenvalue weighted by atomic mass is 79.9. The summed E-state index contributed by atoms with van der Waals surface area (Å²) in [6.45, 7) is 0.621. The van der Waals surface area contributed by atoms with E-state index in [4.69, 9.17) is 12.2 Å². The van der Waals surface area contributed by atoms with E-state index in [2.05, 4.69) is 37.1 Å². The number of hydrogen-bond donors (Lipinski definition) is 4. The van der Waals surface area contributed by atoms with Gasteiger partial charge in [-0.2, -0.15) is 0 Å². The van der Waals surface area contributed by atoms with E-state index in [9.17, 15) is 4.79 Å². The van der Waals surface area contributed by atoms with Crippen LogP contribution in [0.4, 0.5) is 5.69 Å². The minimum atomic E-state index is -0.183. The molecular formula is C17H15BrN4OS. The number of nitrogens with one attached hydrogen (secondary N) is 4. The molecular weight excluding hydrogens is 388 g/mol. The van der Waals surface area contributed by atoms with Crippen LogP contribution in [0.3, 0.4) is 0 Å². The normalized spacial score (nSPS) is 10.4. The van der Waals surface area contributed by atoms with Gasteiger partial charge >= 0.3 is 0 Å². The summed E-state index contributed by atoms with van der Waals surface area (Å²) in [6.07, 6.45) is 0. The number of hydrogen-bond acceptors (Lipinski definition) is 3. The van der Waals surface area contributed by atoms with Crippen molar-refractivity contribution >= 4 is 49.9 Å². The smallest absolute Gasteiger partial charge is 0.250 e. The van der Waals surface area contributed by atoms with Gasteiger partial charge in [0.15, 0.2) is 5.11 Å². The number of benzene rings is 2. The Morgan fingerprint density at radius 1 is 1.12 bits per heavy atom. The Morgan fingerprint density at radius 2 is 1.92 bits per heavy atom. The van der Waals surface area contributed by atoms with Crippen LogP contribution in [-0.4, -0.2) is 10.1 Å². The second-order valence-electron chi connectivity index (χ2n) is 5.16. The van der Waals surface area contributed by atoms with Crippen molar-refractivity contribution in [2.75, 3.05) is 5.43 Å². The van der Waals surface area contributed by atoms with Gasteiger partial charge in [0.2, 0.25) is 0 Å².